The molecule has 1 heterocycles. The van der Waals surface area contributed by atoms with Crippen LogP contribution >= 0.6 is 0 Å². The van der Waals surface area contributed by atoms with Crippen molar-refractivity contribution in [2.24, 2.45) is 0 Å². The number of aromatic amines is 2. The molecular formula is C20H15FN2O2. The molecule has 0 amide bonds. The van der Waals surface area contributed by atoms with E-state index in [4.69, 9.17) is 0 Å². The molecule has 0 saturated heterocycles. The van der Waals surface area contributed by atoms with Gasteiger partial charge in [-0.2, -0.15) is 0 Å². The van der Waals surface area contributed by atoms with Crippen LogP contribution in [0.15, 0.2) is 65.5 Å². The number of H-pyrrole nitrogens is 2. The van der Waals surface area contributed by atoms with E-state index >= 15 is 0 Å². The fourth-order valence-electron chi connectivity index (χ4n) is 3.10. The zero-order chi connectivity index (χ0) is 17.4. The molecule has 0 radical (unpaired) electrons. The number of phenolic OH excluding ortho intramolecular Hbond substituents is 1. The third kappa shape index (κ3) is 2.70. The number of aromatic nitrogens is 2. The molecule has 0 fully saturated rings. The number of fused-ring (bicyclic) bond motifs is 1. The highest BCUT2D eigenvalue weighted by Gasteiger charge is 2.16. The molecule has 0 saturated carbocycles. The first-order valence-electron chi connectivity index (χ1n) is 7.88. The predicted octanol–water partition coefficient (Wildman–Crippen LogP) is 3.96. The van der Waals surface area contributed by atoms with Gasteiger partial charge in [0, 0.05) is 23.1 Å². The van der Waals surface area contributed by atoms with Gasteiger partial charge in [0.1, 0.15) is 11.6 Å². The summed E-state index contributed by atoms with van der Waals surface area (Å²) in [7, 11) is 0. The van der Waals surface area contributed by atoms with E-state index in [1.807, 2.05) is 30.3 Å². The van der Waals surface area contributed by atoms with Gasteiger partial charge in [-0.3, -0.25) is 15.0 Å². The largest absolute Gasteiger partial charge is 0.508 e. The smallest absolute Gasteiger partial charge is 0.268 e. The number of phenols is 1. The van der Waals surface area contributed by atoms with Gasteiger partial charge in [-0.05, 0) is 41.1 Å². The van der Waals surface area contributed by atoms with E-state index in [0.29, 0.717) is 22.4 Å². The van der Waals surface area contributed by atoms with E-state index in [1.54, 1.807) is 18.2 Å². The lowest BCUT2D eigenvalue weighted by molar-refractivity contribution is 0.470. The second-order valence-corrected chi connectivity index (χ2v) is 5.90. The molecule has 0 aliphatic rings. The highest BCUT2D eigenvalue weighted by molar-refractivity contribution is 5.88. The number of nitrogens with one attached hydrogen (secondary N) is 2. The third-order valence-electron chi connectivity index (χ3n) is 4.38. The molecule has 3 N–H and O–H groups in total. The molecule has 0 aliphatic heterocycles. The molecule has 4 rings (SSSR count). The first-order chi connectivity index (χ1) is 12.1. The number of hydrogen-bond donors (Lipinski definition) is 3. The van der Waals surface area contributed by atoms with Crippen molar-refractivity contribution in [3.05, 3.63) is 88.0 Å². The minimum atomic E-state index is -0.338. The first-order valence-corrected chi connectivity index (χ1v) is 7.88. The molecule has 0 unspecified atom stereocenters. The summed E-state index contributed by atoms with van der Waals surface area (Å²) in [6.45, 7) is 0. The topological polar surface area (TPSA) is 68.9 Å². The Labute approximate surface area is 142 Å². The van der Waals surface area contributed by atoms with Crippen LogP contribution in [0.1, 0.15) is 11.1 Å². The molecule has 1 aromatic heterocycles. The minimum Gasteiger partial charge on any atom is -0.508 e. The van der Waals surface area contributed by atoms with E-state index in [9.17, 15) is 14.3 Å². The van der Waals surface area contributed by atoms with Crippen molar-refractivity contribution in [2.45, 2.75) is 6.42 Å². The number of aromatic hydroxyl groups is 1. The molecule has 4 nitrogen and oxygen atoms in total. The van der Waals surface area contributed by atoms with Crippen molar-refractivity contribution in [3.8, 4) is 17.0 Å². The highest BCUT2D eigenvalue weighted by Crippen LogP contribution is 2.30. The van der Waals surface area contributed by atoms with Crippen molar-refractivity contribution in [2.75, 3.05) is 0 Å². The van der Waals surface area contributed by atoms with Gasteiger partial charge in [-0.15, -0.1) is 0 Å². The van der Waals surface area contributed by atoms with E-state index in [1.165, 1.54) is 12.1 Å². The predicted molar refractivity (Wildman–Crippen MR) is 95.2 cm³/mol. The van der Waals surface area contributed by atoms with Crippen LogP contribution in [0.2, 0.25) is 0 Å². The quantitative estimate of drug-likeness (QED) is 0.531. The maximum absolute atomic E-state index is 13.2. The van der Waals surface area contributed by atoms with Gasteiger partial charge in [-0.1, -0.05) is 30.3 Å². The second-order valence-electron chi connectivity index (χ2n) is 5.90. The second kappa shape index (κ2) is 5.94. The Hall–Kier alpha value is -3.34. The van der Waals surface area contributed by atoms with Gasteiger partial charge in [0.2, 0.25) is 0 Å². The molecule has 0 atom stereocenters. The average Bonchev–Trinajstić information content (AvgIpc) is 2.99. The van der Waals surface area contributed by atoms with Crippen LogP contribution in [0.4, 0.5) is 4.39 Å². The van der Waals surface area contributed by atoms with Crippen LogP contribution in [0.3, 0.4) is 0 Å². The Kier molecular flexibility index (Phi) is 3.61. The normalized spacial score (nSPS) is 11.1. The van der Waals surface area contributed by atoms with Crippen LogP contribution in [0, 0.1) is 5.82 Å². The fraction of sp³-hybridized carbons (Fsp3) is 0.0500. The lowest BCUT2D eigenvalue weighted by Crippen LogP contribution is -2.07. The molecule has 0 spiro atoms. The van der Waals surface area contributed by atoms with Gasteiger partial charge < -0.3 is 5.11 Å². The number of hydrogen-bond acceptors (Lipinski definition) is 2. The summed E-state index contributed by atoms with van der Waals surface area (Å²) in [5.74, 6) is -0.195. The van der Waals surface area contributed by atoms with Crippen LogP contribution in [-0.2, 0) is 6.42 Å². The van der Waals surface area contributed by atoms with Crippen LogP contribution < -0.4 is 5.56 Å². The molecule has 25 heavy (non-hydrogen) atoms. The molecule has 3 aromatic carbocycles. The SMILES string of the molecule is O=c1[nH][nH]c(-c2ccc(F)cc2)c1Cc1c(O)ccc2ccccc12. The monoisotopic (exact) mass is 334 g/mol. The van der Waals surface area contributed by atoms with E-state index in [0.717, 1.165) is 10.8 Å². The van der Waals surface area contributed by atoms with Crippen molar-refractivity contribution < 1.29 is 9.50 Å². The van der Waals surface area contributed by atoms with E-state index < -0.39 is 0 Å². The maximum Gasteiger partial charge on any atom is 0.268 e. The molecule has 5 heteroatoms. The van der Waals surface area contributed by atoms with Gasteiger partial charge in [-0.25, -0.2) is 4.39 Å². The van der Waals surface area contributed by atoms with Crippen LogP contribution in [-0.4, -0.2) is 15.3 Å². The summed E-state index contributed by atoms with van der Waals surface area (Å²) in [4.78, 5) is 12.3. The maximum atomic E-state index is 13.2. The molecular weight excluding hydrogens is 319 g/mol. The van der Waals surface area contributed by atoms with E-state index in [2.05, 4.69) is 10.2 Å². The Morgan fingerprint density at radius 3 is 2.44 bits per heavy atom. The lowest BCUT2D eigenvalue weighted by atomic mass is 9.96. The molecule has 0 aliphatic carbocycles. The molecule has 4 aromatic rings. The van der Waals surface area contributed by atoms with Gasteiger partial charge in [0.05, 0.1) is 5.69 Å². The summed E-state index contributed by atoms with van der Waals surface area (Å²) >= 11 is 0. The summed E-state index contributed by atoms with van der Waals surface area (Å²) in [5, 5.41) is 17.6. The Balaban J connectivity index is 1.85. The molecule has 124 valence electrons. The fourth-order valence-corrected chi connectivity index (χ4v) is 3.10. The van der Waals surface area contributed by atoms with Crippen molar-refractivity contribution in [3.63, 3.8) is 0 Å². The van der Waals surface area contributed by atoms with Gasteiger partial charge in [0.25, 0.3) is 5.56 Å². The standard InChI is InChI=1S/C20H15FN2O2/c21-14-8-5-13(6-9-14)19-17(20(25)23-22-19)11-16-15-4-2-1-3-12(15)7-10-18(16)24/h1-10,24H,11H2,(H2,22,23,25). The Morgan fingerprint density at radius 2 is 1.64 bits per heavy atom. The minimum absolute atomic E-state index is 0.143. The Morgan fingerprint density at radius 1 is 0.880 bits per heavy atom. The first kappa shape index (κ1) is 15.2. The molecule has 0 bridgehead atoms. The summed E-state index contributed by atoms with van der Waals surface area (Å²) in [5.41, 5.74) is 2.23. The number of halogens is 1. The van der Waals surface area contributed by atoms with Crippen molar-refractivity contribution in [1.29, 1.82) is 0 Å². The van der Waals surface area contributed by atoms with Crippen molar-refractivity contribution >= 4 is 10.8 Å². The average molecular weight is 334 g/mol. The van der Waals surface area contributed by atoms with Gasteiger partial charge >= 0.3 is 0 Å². The van der Waals surface area contributed by atoms with Crippen LogP contribution in [0.25, 0.3) is 22.0 Å². The van der Waals surface area contributed by atoms with Gasteiger partial charge in [0.15, 0.2) is 0 Å². The van der Waals surface area contributed by atoms with Crippen molar-refractivity contribution in [1.82, 2.24) is 10.2 Å². The summed E-state index contributed by atoms with van der Waals surface area (Å²) < 4.78 is 13.2. The van der Waals surface area contributed by atoms with Crippen LogP contribution in [0.5, 0.6) is 5.75 Å². The Bertz CT molecular complexity index is 1110. The zero-order valence-corrected chi connectivity index (χ0v) is 13.2. The third-order valence-corrected chi connectivity index (χ3v) is 4.38. The van der Waals surface area contributed by atoms with E-state index in [-0.39, 0.29) is 23.5 Å². The lowest BCUT2D eigenvalue weighted by Gasteiger charge is -2.09. The number of rotatable bonds is 3. The zero-order valence-electron chi connectivity index (χ0n) is 13.2. The summed E-state index contributed by atoms with van der Waals surface area (Å²) in [6.07, 6.45) is 0.263. The highest BCUT2D eigenvalue weighted by atomic mass is 19.1. The summed E-state index contributed by atoms with van der Waals surface area (Å²) in [6, 6.07) is 17.1. The number of benzene rings is 3.